The van der Waals surface area contributed by atoms with Crippen LogP contribution in [-0.4, -0.2) is 33.4 Å². The van der Waals surface area contributed by atoms with E-state index in [9.17, 15) is 4.79 Å². The van der Waals surface area contributed by atoms with Gasteiger partial charge >= 0.3 is 0 Å². The maximum Gasteiger partial charge on any atom is 0.223 e. The number of benzene rings is 2. The number of piperidine rings is 1. The van der Waals surface area contributed by atoms with Crippen LogP contribution in [0, 0.1) is 5.92 Å². The number of fused-ring (bicyclic) bond motifs is 1. The van der Waals surface area contributed by atoms with Crippen LogP contribution in [0.5, 0.6) is 0 Å². The molecule has 0 spiro atoms. The number of imidazole rings is 1. The van der Waals surface area contributed by atoms with Gasteiger partial charge in [0, 0.05) is 24.0 Å². The molecule has 1 N–H and O–H groups in total. The normalized spacial score (nSPS) is 15.7. The quantitative estimate of drug-likeness (QED) is 0.661. The molecule has 0 bridgehead atoms. The van der Waals surface area contributed by atoms with E-state index >= 15 is 0 Å². The average Bonchev–Trinajstić information content (AvgIpc) is 3.10. The third kappa shape index (κ3) is 4.46. The molecule has 1 aliphatic heterocycles. The van der Waals surface area contributed by atoms with Gasteiger partial charge in [0.05, 0.1) is 17.6 Å². The number of aryl methyl sites for hydroxylation is 1. The lowest BCUT2D eigenvalue weighted by Gasteiger charge is -2.31. The maximum absolute atomic E-state index is 12.6. The smallest absolute Gasteiger partial charge is 0.223 e. The van der Waals surface area contributed by atoms with Crippen molar-refractivity contribution >= 4 is 28.5 Å². The number of nitrogens with one attached hydrogen (secondary N) is 1. The number of halogens is 1. The molecular formula is C23H27ClN4O. The topological polar surface area (TPSA) is 50.2 Å². The third-order valence-corrected chi connectivity index (χ3v) is 6.15. The van der Waals surface area contributed by atoms with Crippen LogP contribution in [-0.2, 0) is 24.4 Å². The average molecular weight is 411 g/mol. The lowest BCUT2D eigenvalue weighted by atomic mass is 9.96. The first-order valence-electron chi connectivity index (χ1n) is 10.3. The summed E-state index contributed by atoms with van der Waals surface area (Å²) in [5.41, 5.74) is 3.20. The molecular weight excluding hydrogens is 384 g/mol. The fourth-order valence-corrected chi connectivity index (χ4v) is 4.32. The van der Waals surface area contributed by atoms with E-state index in [-0.39, 0.29) is 11.8 Å². The van der Waals surface area contributed by atoms with Crippen LogP contribution in [0.3, 0.4) is 0 Å². The molecule has 4 rings (SSSR count). The molecule has 6 heteroatoms. The Bertz CT molecular complexity index is 991. The number of aromatic nitrogens is 2. The molecule has 0 aliphatic carbocycles. The second-order valence-electron chi connectivity index (χ2n) is 7.62. The molecule has 0 saturated carbocycles. The number of para-hydroxylation sites is 2. The molecule has 0 unspecified atom stereocenters. The number of rotatable bonds is 6. The minimum atomic E-state index is 0.0683. The summed E-state index contributed by atoms with van der Waals surface area (Å²) in [6.07, 6.45) is 1.75. The fourth-order valence-electron chi connectivity index (χ4n) is 4.12. The van der Waals surface area contributed by atoms with Crippen molar-refractivity contribution in [2.75, 3.05) is 13.1 Å². The van der Waals surface area contributed by atoms with Crippen LogP contribution in [0.1, 0.15) is 31.2 Å². The number of nitrogens with zero attached hydrogens (tertiary/aromatic N) is 3. The van der Waals surface area contributed by atoms with Gasteiger partial charge in [-0.15, -0.1) is 0 Å². The van der Waals surface area contributed by atoms with E-state index in [1.54, 1.807) is 0 Å². The molecule has 1 aliphatic rings. The zero-order valence-electron chi connectivity index (χ0n) is 16.8. The molecule has 3 aromatic rings. The summed E-state index contributed by atoms with van der Waals surface area (Å²) >= 11 is 6.18. The molecule has 2 heterocycles. The molecule has 1 amide bonds. The number of hydrogen-bond acceptors (Lipinski definition) is 3. The largest absolute Gasteiger partial charge is 0.352 e. The lowest BCUT2D eigenvalue weighted by molar-refractivity contribution is -0.126. The van der Waals surface area contributed by atoms with Crippen molar-refractivity contribution in [2.24, 2.45) is 5.92 Å². The Labute approximate surface area is 176 Å². The van der Waals surface area contributed by atoms with E-state index in [4.69, 9.17) is 16.6 Å². The first-order chi connectivity index (χ1) is 14.2. The zero-order valence-corrected chi connectivity index (χ0v) is 17.5. The SMILES string of the molecule is CCn1c(CN2CCC(C(=O)NCc3ccccc3Cl)CC2)nc2ccccc21. The second kappa shape index (κ2) is 8.97. The summed E-state index contributed by atoms with van der Waals surface area (Å²) in [6, 6.07) is 15.9. The predicted molar refractivity (Wildman–Crippen MR) is 117 cm³/mol. The molecule has 0 atom stereocenters. The van der Waals surface area contributed by atoms with Gasteiger partial charge < -0.3 is 9.88 Å². The Kier molecular flexibility index (Phi) is 6.16. The number of likely N-dealkylation sites (tertiary alicyclic amines) is 1. The molecule has 152 valence electrons. The van der Waals surface area contributed by atoms with Gasteiger partial charge in [-0.2, -0.15) is 0 Å². The Morgan fingerprint density at radius 3 is 2.62 bits per heavy atom. The molecule has 1 fully saturated rings. The minimum absolute atomic E-state index is 0.0683. The third-order valence-electron chi connectivity index (χ3n) is 5.78. The highest BCUT2D eigenvalue weighted by Gasteiger charge is 2.26. The zero-order chi connectivity index (χ0) is 20.2. The van der Waals surface area contributed by atoms with Gasteiger partial charge in [0.1, 0.15) is 5.82 Å². The lowest BCUT2D eigenvalue weighted by Crippen LogP contribution is -2.40. The summed E-state index contributed by atoms with van der Waals surface area (Å²) in [7, 11) is 0. The van der Waals surface area contributed by atoms with Crippen LogP contribution in [0.25, 0.3) is 11.0 Å². The Balaban J connectivity index is 1.31. The standard InChI is InChI=1S/C23H27ClN4O/c1-2-28-21-10-6-5-9-20(21)26-22(28)16-27-13-11-17(12-14-27)23(29)25-15-18-7-3-4-8-19(18)24/h3-10,17H,2,11-16H2,1H3,(H,25,29). The summed E-state index contributed by atoms with van der Waals surface area (Å²) < 4.78 is 2.29. The van der Waals surface area contributed by atoms with Crippen molar-refractivity contribution in [3.8, 4) is 0 Å². The van der Waals surface area contributed by atoms with E-state index in [1.807, 2.05) is 30.3 Å². The van der Waals surface area contributed by atoms with Gasteiger partial charge in [-0.3, -0.25) is 9.69 Å². The van der Waals surface area contributed by atoms with Crippen LogP contribution in [0.2, 0.25) is 5.02 Å². The van der Waals surface area contributed by atoms with Crippen molar-refractivity contribution in [3.05, 3.63) is 64.9 Å². The Hall–Kier alpha value is -2.37. The van der Waals surface area contributed by atoms with Gasteiger partial charge in [-0.25, -0.2) is 4.98 Å². The minimum Gasteiger partial charge on any atom is -0.352 e. The molecule has 0 radical (unpaired) electrons. The Morgan fingerprint density at radius 1 is 1.14 bits per heavy atom. The predicted octanol–water partition coefficient (Wildman–Crippen LogP) is 4.24. The van der Waals surface area contributed by atoms with Crippen molar-refractivity contribution in [1.29, 1.82) is 0 Å². The van der Waals surface area contributed by atoms with Gasteiger partial charge in [-0.05, 0) is 56.6 Å². The highest BCUT2D eigenvalue weighted by atomic mass is 35.5. The van der Waals surface area contributed by atoms with Crippen molar-refractivity contribution in [3.63, 3.8) is 0 Å². The molecule has 1 saturated heterocycles. The van der Waals surface area contributed by atoms with Crippen LogP contribution < -0.4 is 5.32 Å². The first-order valence-corrected chi connectivity index (χ1v) is 10.7. The number of amides is 1. The molecule has 2 aromatic carbocycles. The van der Waals surface area contributed by atoms with Crippen LogP contribution in [0.15, 0.2) is 48.5 Å². The molecule has 1 aromatic heterocycles. The Morgan fingerprint density at radius 2 is 1.86 bits per heavy atom. The fraction of sp³-hybridized carbons (Fsp3) is 0.391. The van der Waals surface area contributed by atoms with Crippen LogP contribution >= 0.6 is 11.6 Å². The van der Waals surface area contributed by atoms with Gasteiger partial charge in [0.2, 0.25) is 5.91 Å². The van der Waals surface area contributed by atoms with E-state index in [0.29, 0.717) is 11.6 Å². The molecule has 29 heavy (non-hydrogen) atoms. The maximum atomic E-state index is 12.6. The highest BCUT2D eigenvalue weighted by molar-refractivity contribution is 6.31. The van der Waals surface area contributed by atoms with Gasteiger partial charge in [0.15, 0.2) is 0 Å². The van der Waals surface area contributed by atoms with E-state index in [0.717, 1.165) is 55.9 Å². The number of carbonyl (C=O) groups excluding carboxylic acids is 1. The second-order valence-corrected chi connectivity index (χ2v) is 8.03. The van der Waals surface area contributed by atoms with Crippen molar-refractivity contribution in [1.82, 2.24) is 19.8 Å². The summed E-state index contributed by atoms with van der Waals surface area (Å²) in [5.74, 6) is 1.31. The van der Waals surface area contributed by atoms with E-state index in [1.165, 1.54) is 5.52 Å². The van der Waals surface area contributed by atoms with E-state index < -0.39 is 0 Å². The summed E-state index contributed by atoms with van der Waals surface area (Å²) in [6.45, 7) is 6.22. The van der Waals surface area contributed by atoms with Crippen molar-refractivity contribution < 1.29 is 4.79 Å². The number of hydrogen-bond donors (Lipinski definition) is 1. The van der Waals surface area contributed by atoms with Crippen molar-refractivity contribution in [2.45, 2.75) is 39.4 Å². The van der Waals surface area contributed by atoms with Gasteiger partial charge in [-0.1, -0.05) is 41.9 Å². The monoisotopic (exact) mass is 410 g/mol. The number of carbonyl (C=O) groups is 1. The summed E-state index contributed by atoms with van der Waals surface area (Å²) in [4.78, 5) is 19.8. The van der Waals surface area contributed by atoms with E-state index in [2.05, 4.69) is 39.9 Å². The summed E-state index contributed by atoms with van der Waals surface area (Å²) in [5, 5.41) is 3.75. The molecule has 5 nitrogen and oxygen atoms in total. The first kappa shape index (κ1) is 19.9. The highest BCUT2D eigenvalue weighted by Crippen LogP contribution is 2.22. The van der Waals surface area contributed by atoms with Crippen LogP contribution in [0.4, 0.5) is 0 Å². The van der Waals surface area contributed by atoms with Gasteiger partial charge in [0.25, 0.3) is 0 Å².